The second kappa shape index (κ2) is 10.8. The van der Waals surface area contributed by atoms with Crippen molar-refractivity contribution in [3.8, 4) is 17.1 Å². The average molecular weight is 529 g/mol. The van der Waals surface area contributed by atoms with Gasteiger partial charge in [0.05, 0.1) is 31.1 Å². The third-order valence-corrected chi connectivity index (χ3v) is 7.65. The molecule has 0 bridgehead atoms. The minimum atomic E-state index is 0.0284. The Balaban J connectivity index is 1.36. The number of anilines is 1. The first kappa shape index (κ1) is 25.5. The first-order valence-corrected chi connectivity index (χ1v) is 13.8. The zero-order chi connectivity index (χ0) is 26.9. The zero-order valence-electron chi connectivity index (χ0n) is 22.9. The minimum Gasteiger partial charge on any atom is -0.378 e. The number of likely N-dealkylation sites (tertiary alicyclic amines) is 1. The number of carbonyl (C=O) groups is 1. The van der Waals surface area contributed by atoms with Crippen LogP contribution in [-0.4, -0.2) is 80.6 Å². The highest BCUT2D eigenvalue weighted by Crippen LogP contribution is 2.30. The van der Waals surface area contributed by atoms with Crippen molar-refractivity contribution < 1.29 is 9.53 Å². The molecule has 2 aliphatic heterocycles. The first-order valence-electron chi connectivity index (χ1n) is 13.8. The van der Waals surface area contributed by atoms with Crippen LogP contribution in [0.1, 0.15) is 31.2 Å². The van der Waals surface area contributed by atoms with Gasteiger partial charge in [-0.3, -0.25) is 9.69 Å². The van der Waals surface area contributed by atoms with E-state index >= 15 is 0 Å². The zero-order valence-corrected chi connectivity index (χ0v) is 22.9. The molecule has 1 atom stereocenters. The number of hydrogen-bond acceptors (Lipinski definition) is 7. The summed E-state index contributed by atoms with van der Waals surface area (Å²) in [7, 11) is 2.04. The Morgan fingerprint density at radius 3 is 2.77 bits per heavy atom. The number of nitrogens with zero attached hydrogens (tertiary/aromatic N) is 7. The predicted molar refractivity (Wildman–Crippen MR) is 151 cm³/mol. The number of rotatable bonds is 6. The number of amides is 1. The lowest BCUT2D eigenvalue weighted by Crippen LogP contribution is -2.46. The Hall–Kier alpha value is -3.76. The molecule has 0 spiro atoms. The SMILES string of the molecule is CC(=O)NC1CCCN(Cc2nc3c(N4CCOCC4)cc(-n4ccc(-c5cccc(C)c5)n4)nc3n2C)C1. The quantitative estimate of drug-likeness (QED) is 0.411. The molecule has 10 heteroatoms. The standard InChI is InChI=1S/C29H36N8O2/c1-20-6-4-7-22(16-20)24-9-11-37(33-24)26-17-25(36-12-14-39-15-13-36)28-29(32-26)34(3)27(31-28)19-35-10-5-8-23(18-35)30-21(2)38/h4,6-7,9,11,16-17,23H,5,8,10,12-15,18-19H2,1-3H3,(H,30,38). The third kappa shape index (κ3) is 5.39. The molecule has 3 aromatic heterocycles. The lowest BCUT2D eigenvalue weighted by atomic mass is 10.1. The second-order valence-corrected chi connectivity index (χ2v) is 10.6. The summed E-state index contributed by atoms with van der Waals surface area (Å²) < 4.78 is 9.60. The molecule has 0 saturated carbocycles. The number of benzene rings is 1. The van der Waals surface area contributed by atoms with Gasteiger partial charge < -0.3 is 19.5 Å². The van der Waals surface area contributed by atoms with E-state index in [1.807, 2.05) is 24.0 Å². The van der Waals surface area contributed by atoms with Crippen molar-refractivity contribution in [3.63, 3.8) is 0 Å². The molecule has 2 fully saturated rings. The number of imidazole rings is 1. The van der Waals surface area contributed by atoms with Crippen molar-refractivity contribution in [2.24, 2.45) is 7.05 Å². The van der Waals surface area contributed by atoms with E-state index in [0.717, 1.165) is 78.8 Å². The van der Waals surface area contributed by atoms with E-state index in [2.05, 4.69) is 56.9 Å². The fourth-order valence-electron chi connectivity index (χ4n) is 5.68. The van der Waals surface area contributed by atoms with Gasteiger partial charge in [0.2, 0.25) is 5.91 Å². The van der Waals surface area contributed by atoms with Crippen LogP contribution >= 0.6 is 0 Å². The van der Waals surface area contributed by atoms with Crippen molar-refractivity contribution in [2.45, 2.75) is 39.3 Å². The van der Waals surface area contributed by atoms with Gasteiger partial charge in [0.25, 0.3) is 0 Å². The molecule has 2 saturated heterocycles. The van der Waals surface area contributed by atoms with Crippen molar-refractivity contribution in [3.05, 3.63) is 54.0 Å². The second-order valence-electron chi connectivity index (χ2n) is 10.6. The molecule has 0 aliphatic carbocycles. The van der Waals surface area contributed by atoms with E-state index in [1.165, 1.54) is 5.56 Å². The van der Waals surface area contributed by atoms with Gasteiger partial charge in [-0.15, -0.1) is 0 Å². The molecule has 4 aromatic rings. The maximum absolute atomic E-state index is 11.6. The number of piperidine rings is 1. The first-order chi connectivity index (χ1) is 18.9. The minimum absolute atomic E-state index is 0.0284. The molecule has 1 unspecified atom stereocenters. The molecule has 1 aromatic carbocycles. The maximum atomic E-state index is 11.6. The summed E-state index contributed by atoms with van der Waals surface area (Å²) in [6.45, 7) is 9.20. The lowest BCUT2D eigenvalue weighted by molar-refractivity contribution is -0.120. The fourth-order valence-corrected chi connectivity index (χ4v) is 5.68. The molecule has 0 radical (unpaired) electrons. The van der Waals surface area contributed by atoms with E-state index in [-0.39, 0.29) is 11.9 Å². The summed E-state index contributed by atoms with van der Waals surface area (Å²) in [6, 6.07) is 12.7. The Morgan fingerprint density at radius 1 is 1.13 bits per heavy atom. The average Bonchev–Trinajstić information content (AvgIpc) is 3.54. The van der Waals surface area contributed by atoms with Gasteiger partial charge in [0, 0.05) is 57.5 Å². The Kier molecular flexibility index (Phi) is 7.05. The predicted octanol–water partition coefficient (Wildman–Crippen LogP) is 3.07. The number of hydrogen-bond donors (Lipinski definition) is 1. The van der Waals surface area contributed by atoms with E-state index in [9.17, 15) is 4.79 Å². The van der Waals surface area contributed by atoms with Gasteiger partial charge in [-0.2, -0.15) is 5.10 Å². The summed E-state index contributed by atoms with van der Waals surface area (Å²) >= 11 is 0. The number of nitrogens with one attached hydrogen (secondary N) is 1. The van der Waals surface area contributed by atoms with Gasteiger partial charge in [0.15, 0.2) is 11.5 Å². The molecule has 6 rings (SSSR count). The summed E-state index contributed by atoms with van der Waals surface area (Å²) in [5.74, 6) is 1.76. The highest BCUT2D eigenvalue weighted by atomic mass is 16.5. The Labute approximate surface area is 228 Å². The lowest BCUT2D eigenvalue weighted by Gasteiger charge is -2.32. The highest BCUT2D eigenvalue weighted by Gasteiger charge is 2.25. The van der Waals surface area contributed by atoms with Gasteiger partial charge in [-0.1, -0.05) is 23.8 Å². The van der Waals surface area contributed by atoms with Gasteiger partial charge in [-0.05, 0) is 38.4 Å². The molecule has 5 heterocycles. The summed E-state index contributed by atoms with van der Waals surface area (Å²) in [6.07, 6.45) is 4.04. The van der Waals surface area contributed by atoms with Crippen molar-refractivity contribution in [1.29, 1.82) is 0 Å². The Bertz CT molecular complexity index is 1490. The van der Waals surface area contributed by atoms with Crippen molar-refractivity contribution in [2.75, 3.05) is 44.3 Å². The molecular formula is C29H36N8O2. The van der Waals surface area contributed by atoms with E-state index < -0.39 is 0 Å². The van der Waals surface area contributed by atoms with Crippen molar-refractivity contribution in [1.82, 2.24) is 34.5 Å². The maximum Gasteiger partial charge on any atom is 0.217 e. The third-order valence-electron chi connectivity index (χ3n) is 7.65. The van der Waals surface area contributed by atoms with Crippen LogP contribution in [0.15, 0.2) is 42.6 Å². The van der Waals surface area contributed by atoms with E-state index in [4.69, 9.17) is 19.8 Å². The van der Waals surface area contributed by atoms with Gasteiger partial charge in [0.1, 0.15) is 11.3 Å². The van der Waals surface area contributed by atoms with Crippen molar-refractivity contribution >= 4 is 22.8 Å². The van der Waals surface area contributed by atoms with Crippen LogP contribution in [0.2, 0.25) is 0 Å². The number of aryl methyl sites for hydroxylation is 2. The largest absolute Gasteiger partial charge is 0.378 e. The molecule has 1 amide bonds. The number of aromatic nitrogens is 5. The number of ether oxygens (including phenoxy) is 1. The van der Waals surface area contributed by atoms with Crippen LogP contribution in [0.3, 0.4) is 0 Å². The number of fused-ring (bicyclic) bond motifs is 1. The molecule has 1 N–H and O–H groups in total. The van der Waals surface area contributed by atoms with Crippen LogP contribution < -0.4 is 10.2 Å². The summed E-state index contributed by atoms with van der Waals surface area (Å²) in [5, 5.41) is 7.97. The number of morpholine rings is 1. The number of carbonyl (C=O) groups excluding carboxylic acids is 1. The van der Waals surface area contributed by atoms with Crippen LogP contribution in [-0.2, 0) is 23.1 Å². The van der Waals surface area contributed by atoms with E-state index in [0.29, 0.717) is 19.8 Å². The molecular weight excluding hydrogens is 492 g/mol. The highest BCUT2D eigenvalue weighted by molar-refractivity contribution is 5.88. The fraction of sp³-hybridized carbons (Fsp3) is 0.448. The molecule has 10 nitrogen and oxygen atoms in total. The Morgan fingerprint density at radius 2 is 1.97 bits per heavy atom. The van der Waals surface area contributed by atoms with E-state index in [1.54, 1.807) is 6.92 Å². The summed E-state index contributed by atoms with van der Waals surface area (Å²) in [5.41, 5.74) is 6.01. The molecule has 39 heavy (non-hydrogen) atoms. The van der Waals surface area contributed by atoms with Gasteiger partial charge in [-0.25, -0.2) is 14.6 Å². The molecule has 204 valence electrons. The number of pyridine rings is 1. The normalized spacial score (nSPS) is 18.5. The molecule has 2 aliphatic rings. The smallest absolute Gasteiger partial charge is 0.217 e. The van der Waals surface area contributed by atoms with Crippen LogP contribution in [0.4, 0.5) is 5.69 Å². The monoisotopic (exact) mass is 528 g/mol. The van der Waals surface area contributed by atoms with Crippen LogP contribution in [0, 0.1) is 6.92 Å². The topological polar surface area (TPSA) is 93.3 Å². The van der Waals surface area contributed by atoms with Gasteiger partial charge >= 0.3 is 0 Å². The summed E-state index contributed by atoms with van der Waals surface area (Å²) in [4.78, 5) is 26.5. The van der Waals surface area contributed by atoms with Crippen LogP contribution in [0.5, 0.6) is 0 Å². The van der Waals surface area contributed by atoms with Crippen LogP contribution in [0.25, 0.3) is 28.2 Å².